The monoisotopic (exact) mass is 193 g/mol. The molecule has 0 saturated carbocycles. The van der Waals surface area contributed by atoms with Crippen LogP contribution in [0.5, 0.6) is 0 Å². The normalized spacial score (nSPS) is 9.54. The van der Waals surface area contributed by atoms with Gasteiger partial charge in [0.1, 0.15) is 0 Å². The molecule has 0 aliphatic carbocycles. The van der Waals surface area contributed by atoms with Crippen molar-refractivity contribution in [1.29, 1.82) is 0 Å². The second kappa shape index (κ2) is 4.38. The van der Waals surface area contributed by atoms with E-state index in [4.69, 9.17) is 0 Å². The average Bonchev–Trinajstić information content (AvgIpc) is 2.48. The number of hydrogen-bond donors (Lipinski definition) is 0. The van der Waals surface area contributed by atoms with Crippen LogP contribution >= 0.6 is 11.3 Å². The van der Waals surface area contributed by atoms with Gasteiger partial charge in [0.15, 0.2) is 0 Å². The van der Waals surface area contributed by atoms with Gasteiger partial charge in [-0.1, -0.05) is 19.9 Å². The van der Waals surface area contributed by atoms with Gasteiger partial charge >= 0.3 is 0 Å². The van der Waals surface area contributed by atoms with Crippen molar-refractivity contribution in [3.05, 3.63) is 28.8 Å². The van der Waals surface area contributed by atoms with Crippen molar-refractivity contribution < 1.29 is 0 Å². The van der Waals surface area contributed by atoms with Gasteiger partial charge in [0.2, 0.25) is 0 Å². The van der Waals surface area contributed by atoms with E-state index in [1.807, 2.05) is 20.8 Å². The van der Waals surface area contributed by atoms with E-state index in [2.05, 4.69) is 30.1 Å². The summed E-state index contributed by atoms with van der Waals surface area (Å²) in [6, 6.07) is 6.36. The molecule has 1 aromatic heterocycles. The van der Waals surface area contributed by atoms with Crippen molar-refractivity contribution in [3.8, 4) is 0 Å². The van der Waals surface area contributed by atoms with Crippen molar-refractivity contribution in [2.24, 2.45) is 0 Å². The van der Waals surface area contributed by atoms with E-state index in [0.717, 1.165) is 10.5 Å². The first-order valence-corrected chi connectivity index (χ1v) is 5.41. The number of aromatic nitrogens is 1. The predicted octanol–water partition coefficient (Wildman–Crippen LogP) is 3.94. The first-order valence-electron chi connectivity index (χ1n) is 4.59. The summed E-state index contributed by atoms with van der Waals surface area (Å²) in [6.45, 7) is 8.15. The molecule has 2 aromatic rings. The Hall–Kier alpha value is -0.890. The van der Waals surface area contributed by atoms with E-state index in [0.29, 0.717) is 0 Å². The van der Waals surface area contributed by atoms with Gasteiger partial charge in [0, 0.05) is 0 Å². The molecule has 1 aromatic carbocycles. The molecule has 0 N–H and O–H groups in total. The molecule has 0 aliphatic heterocycles. The van der Waals surface area contributed by atoms with Crippen molar-refractivity contribution in [3.63, 3.8) is 0 Å². The van der Waals surface area contributed by atoms with E-state index >= 15 is 0 Å². The van der Waals surface area contributed by atoms with Gasteiger partial charge in [0.25, 0.3) is 0 Å². The highest BCUT2D eigenvalue weighted by molar-refractivity contribution is 7.18. The maximum absolute atomic E-state index is 4.37. The summed E-state index contributed by atoms with van der Waals surface area (Å²) in [7, 11) is 0. The maximum atomic E-state index is 4.37. The van der Waals surface area contributed by atoms with Crippen LogP contribution in [-0.2, 0) is 0 Å². The van der Waals surface area contributed by atoms with Crippen LogP contribution in [0.1, 0.15) is 24.4 Å². The van der Waals surface area contributed by atoms with Gasteiger partial charge in [-0.2, -0.15) is 0 Å². The topological polar surface area (TPSA) is 12.9 Å². The Morgan fingerprint density at radius 1 is 1.15 bits per heavy atom. The molecule has 0 amide bonds. The van der Waals surface area contributed by atoms with E-state index in [9.17, 15) is 0 Å². The minimum atomic E-state index is 1.12. The van der Waals surface area contributed by atoms with Crippen molar-refractivity contribution in [2.45, 2.75) is 27.7 Å². The zero-order valence-corrected chi connectivity index (χ0v) is 9.40. The van der Waals surface area contributed by atoms with Crippen LogP contribution in [0.3, 0.4) is 0 Å². The lowest BCUT2D eigenvalue weighted by Crippen LogP contribution is -1.70. The lowest BCUT2D eigenvalue weighted by molar-refractivity contribution is 1.34. The fourth-order valence-electron chi connectivity index (χ4n) is 1.15. The Bertz CT molecular complexity index is 390. The Morgan fingerprint density at radius 3 is 2.54 bits per heavy atom. The number of aryl methyl sites for hydroxylation is 2. The van der Waals surface area contributed by atoms with Crippen LogP contribution < -0.4 is 0 Å². The summed E-state index contributed by atoms with van der Waals surface area (Å²) in [5.41, 5.74) is 2.43. The third-order valence-corrected chi connectivity index (χ3v) is 2.58. The summed E-state index contributed by atoms with van der Waals surface area (Å²) in [6.07, 6.45) is 0. The number of thiazole rings is 1. The number of hydrogen-bond acceptors (Lipinski definition) is 2. The summed E-state index contributed by atoms with van der Waals surface area (Å²) in [4.78, 5) is 4.37. The molecular formula is C11H15NS. The lowest BCUT2D eigenvalue weighted by atomic mass is 10.2. The van der Waals surface area contributed by atoms with Crippen LogP contribution in [-0.4, -0.2) is 4.98 Å². The molecule has 2 rings (SSSR count). The highest BCUT2D eigenvalue weighted by Gasteiger charge is 1.98. The van der Waals surface area contributed by atoms with E-state index in [1.54, 1.807) is 11.3 Å². The van der Waals surface area contributed by atoms with Gasteiger partial charge in [-0.15, -0.1) is 11.3 Å². The lowest BCUT2D eigenvalue weighted by Gasteiger charge is -1.88. The summed E-state index contributed by atoms with van der Waals surface area (Å²) in [5.74, 6) is 0. The van der Waals surface area contributed by atoms with Crippen LogP contribution in [0.25, 0.3) is 10.2 Å². The third kappa shape index (κ3) is 2.28. The number of fused-ring (bicyclic) bond motifs is 1. The molecule has 2 heteroatoms. The number of rotatable bonds is 0. The third-order valence-electron chi connectivity index (χ3n) is 1.65. The van der Waals surface area contributed by atoms with Gasteiger partial charge in [0.05, 0.1) is 15.2 Å². The van der Waals surface area contributed by atoms with Crippen molar-refractivity contribution in [1.82, 2.24) is 4.98 Å². The van der Waals surface area contributed by atoms with Crippen molar-refractivity contribution in [2.75, 3.05) is 0 Å². The molecule has 0 fully saturated rings. The van der Waals surface area contributed by atoms with Crippen molar-refractivity contribution >= 4 is 21.6 Å². The Kier molecular flexibility index (Phi) is 3.43. The molecule has 0 aliphatic rings. The Morgan fingerprint density at radius 2 is 1.85 bits per heavy atom. The molecule has 1 nitrogen and oxygen atoms in total. The molecular weight excluding hydrogens is 178 g/mol. The molecule has 0 atom stereocenters. The highest BCUT2D eigenvalue weighted by atomic mass is 32.1. The Labute approximate surface area is 83.4 Å². The van der Waals surface area contributed by atoms with Crippen LogP contribution in [0, 0.1) is 13.8 Å². The minimum Gasteiger partial charge on any atom is -0.242 e. The predicted molar refractivity (Wildman–Crippen MR) is 60.4 cm³/mol. The number of benzene rings is 1. The fourth-order valence-corrected chi connectivity index (χ4v) is 2.07. The largest absolute Gasteiger partial charge is 0.242 e. The maximum Gasteiger partial charge on any atom is 0.0907 e. The first kappa shape index (κ1) is 10.2. The Balaban J connectivity index is 0.000000396. The first-order chi connectivity index (χ1) is 6.25. The average molecular weight is 193 g/mol. The minimum absolute atomic E-state index is 1.12. The number of nitrogens with zero attached hydrogens (tertiary/aromatic N) is 1. The zero-order chi connectivity index (χ0) is 9.84. The summed E-state index contributed by atoms with van der Waals surface area (Å²) < 4.78 is 1.29. The molecule has 0 spiro atoms. The second-order valence-electron chi connectivity index (χ2n) is 2.70. The van der Waals surface area contributed by atoms with Gasteiger partial charge in [-0.3, -0.25) is 0 Å². The van der Waals surface area contributed by atoms with Crippen LogP contribution in [0.4, 0.5) is 0 Å². The molecule has 0 saturated heterocycles. The van der Waals surface area contributed by atoms with Gasteiger partial charge in [-0.05, 0) is 31.5 Å². The van der Waals surface area contributed by atoms with Gasteiger partial charge < -0.3 is 0 Å². The van der Waals surface area contributed by atoms with Gasteiger partial charge in [-0.25, -0.2) is 4.98 Å². The standard InChI is InChI=1S/C9H9NS.C2H6/c1-6-3-4-8-9(5-6)11-7(2)10-8;1-2/h3-5H,1-2H3;1-2H3. The molecule has 70 valence electrons. The highest BCUT2D eigenvalue weighted by Crippen LogP contribution is 2.21. The molecule has 0 radical (unpaired) electrons. The quantitative estimate of drug-likeness (QED) is 0.617. The second-order valence-corrected chi connectivity index (χ2v) is 3.94. The smallest absolute Gasteiger partial charge is 0.0907 e. The summed E-state index contributed by atoms with van der Waals surface area (Å²) >= 11 is 1.76. The van der Waals surface area contributed by atoms with Crippen LogP contribution in [0.15, 0.2) is 18.2 Å². The molecule has 0 unspecified atom stereocenters. The molecule has 0 bridgehead atoms. The fraction of sp³-hybridized carbons (Fsp3) is 0.364. The SMILES string of the molecule is CC.Cc1ccc2nc(C)sc2c1. The van der Waals surface area contributed by atoms with E-state index in [1.165, 1.54) is 10.3 Å². The molecule has 13 heavy (non-hydrogen) atoms. The van der Waals surface area contributed by atoms with Crippen LogP contribution in [0.2, 0.25) is 0 Å². The van der Waals surface area contributed by atoms with E-state index < -0.39 is 0 Å². The zero-order valence-electron chi connectivity index (χ0n) is 8.59. The van der Waals surface area contributed by atoms with E-state index in [-0.39, 0.29) is 0 Å². The molecule has 1 heterocycles. The summed E-state index contributed by atoms with van der Waals surface area (Å²) in [5, 5.41) is 1.14.